The van der Waals surface area contributed by atoms with Gasteiger partial charge in [0.05, 0.1) is 26.2 Å². The average Bonchev–Trinajstić information content (AvgIpc) is 3.14. The van der Waals surface area contributed by atoms with E-state index in [1.165, 1.54) is 21.3 Å². The Balaban J connectivity index is 1.42. The van der Waals surface area contributed by atoms with Gasteiger partial charge in [-0.2, -0.15) is 0 Å². The van der Waals surface area contributed by atoms with Crippen LogP contribution in [0.15, 0.2) is 59.5 Å². The summed E-state index contributed by atoms with van der Waals surface area (Å²) in [5, 5.41) is 4.39. The standard InChI is InChI=1S/C26H24N2O6S/c1-32-20-12-16(13-21(33-2)23(20)34-3)14-22-25(30)28(26(31)35-22)11-10-27-24(29)19-9-8-17-6-4-5-7-18(17)15-19/h4-9,12-15H,10-11H2,1-3H3,(H,27,29)/b22-14-. The first-order chi connectivity index (χ1) is 16.9. The Morgan fingerprint density at radius 3 is 2.29 bits per heavy atom. The zero-order valence-corrected chi connectivity index (χ0v) is 20.3. The zero-order valence-electron chi connectivity index (χ0n) is 19.5. The lowest BCUT2D eigenvalue weighted by Crippen LogP contribution is -2.37. The molecule has 4 rings (SSSR count). The Morgan fingerprint density at radius 1 is 0.943 bits per heavy atom. The predicted octanol–water partition coefficient (Wildman–Crippen LogP) is 4.33. The summed E-state index contributed by atoms with van der Waals surface area (Å²) in [5.41, 5.74) is 1.13. The molecule has 1 aliphatic heterocycles. The van der Waals surface area contributed by atoms with Crippen LogP contribution in [0.4, 0.5) is 4.79 Å². The van der Waals surface area contributed by atoms with Gasteiger partial charge in [0, 0.05) is 18.7 Å². The zero-order chi connectivity index (χ0) is 24.9. The first-order valence-corrected chi connectivity index (χ1v) is 11.6. The van der Waals surface area contributed by atoms with Gasteiger partial charge in [-0.1, -0.05) is 30.3 Å². The molecule has 3 aromatic rings. The first-order valence-electron chi connectivity index (χ1n) is 10.8. The molecular formula is C26H24N2O6S. The van der Waals surface area contributed by atoms with Gasteiger partial charge in [0.1, 0.15) is 0 Å². The number of benzene rings is 3. The third-order valence-electron chi connectivity index (χ3n) is 5.49. The highest BCUT2D eigenvalue weighted by Gasteiger charge is 2.34. The average molecular weight is 493 g/mol. The number of nitrogens with zero attached hydrogens (tertiary/aromatic N) is 1. The van der Waals surface area contributed by atoms with Crippen molar-refractivity contribution in [2.75, 3.05) is 34.4 Å². The maximum atomic E-state index is 12.9. The van der Waals surface area contributed by atoms with Crippen molar-refractivity contribution in [2.24, 2.45) is 0 Å². The van der Waals surface area contributed by atoms with Crippen molar-refractivity contribution < 1.29 is 28.6 Å². The van der Waals surface area contributed by atoms with E-state index in [0.717, 1.165) is 27.4 Å². The largest absolute Gasteiger partial charge is 0.493 e. The van der Waals surface area contributed by atoms with E-state index in [4.69, 9.17) is 14.2 Å². The second-order valence-electron chi connectivity index (χ2n) is 7.61. The molecule has 0 bridgehead atoms. The Kier molecular flexibility index (Phi) is 7.26. The van der Waals surface area contributed by atoms with Gasteiger partial charge in [0.15, 0.2) is 11.5 Å². The third-order valence-corrected chi connectivity index (χ3v) is 6.40. The molecule has 1 fully saturated rings. The maximum Gasteiger partial charge on any atom is 0.293 e. The van der Waals surface area contributed by atoms with Crippen LogP contribution in [-0.4, -0.2) is 56.4 Å². The van der Waals surface area contributed by atoms with E-state index in [-0.39, 0.29) is 23.9 Å². The normalized spacial score (nSPS) is 14.5. The molecule has 0 radical (unpaired) electrons. The number of thioether (sulfide) groups is 1. The van der Waals surface area contributed by atoms with Gasteiger partial charge in [-0.05, 0) is 58.4 Å². The lowest BCUT2D eigenvalue weighted by molar-refractivity contribution is -0.122. The molecule has 1 N–H and O–H groups in total. The van der Waals surface area contributed by atoms with Gasteiger partial charge in [-0.3, -0.25) is 19.3 Å². The molecule has 0 aromatic heterocycles. The summed E-state index contributed by atoms with van der Waals surface area (Å²) in [6, 6.07) is 16.6. The van der Waals surface area contributed by atoms with Crippen molar-refractivity contribution in [2.45, 2.75) is 0 Å². The summed E-state index contributed by atoms with van der Waals surface area (Å²) < 4.78 is 16.0. The molecule has 3 aromatic carbocycles. The van der Waals surface area contributed by atoms with Crippen molar-refractivity contribution in [1.82, 2.24) is 10.2 Å². The number of fused-ring (bicyclic) bond motifs is 1. The molecule has 0 saturated carbocycles. The SMILES string of the molecule is COc1cc(/C=C2\SC(=O)N(CCNC(=O)c3ccc4ccccc4c3)C2=O)cc(OC)c1OC. The minimum absolute atomic E-state index is 0.0661. The highest BCUT2D eigenvalue weighted by Crippen LogP contribution is 2.40. The Bertz CT molecular complexity index is 1310. The van der Waals surface area contributed by atoms with E-state index in [1.807, 2.05) is 36.4 Å². The number of nitrogens with one attached hydrogen (secondary N) is 1. The summed E-state index contributed by atoms with van der Waals surface area (Å²) in [6.45, 7) is 0.206. The summed E-state index contributed by atoms with van der Waals surface area (Å²) >= 11 is 0.843. The van der Waals surface area contributed by atoms with Gasteiger partial charge in [-0.15, -0.1) is 0 Å². The lowest BCUT2D eigenvalue weighted by atomic mass is 10.1. The minimum Gasteiger partial charge on any atom is -0.493 e. The fraction of sp³-hybridized carbons (Fsp3) is 0.192. The monoisotopic (exact) mass is 492 g/mol. The molecule has 1 saturated heterocycles. The van der Waals surface area contributed by atoms with Crippen LogP contribution in [0.2, 0.25) is 0 Å². The molecular weight excluding hydrogens is 468 g/mol. The van der Waals surface area contributed by atoms with Gasteiger partial charge in [-0.25, -0.2) is 0 Å². The number of methoxy groups -OCH3 is 3. The Labute approximate surface area is 206 Å². The van der Waals surface area contributed by atoms with Crippen LogP contribution in [0.5, 0.6) is 17.2 Å². The maximum absolute atomic E-state index is 12.9. The summed E-state index contributed by atoms with van der Waals surface area (Å²) in [5.74, 6) is 0.620. The minimum atomic E-state index is -0.422. The van der Waals surface area contributed by atoms with Gasteiger partial charge >= 0.3 is 0 Å². The van der Waals surface area contributed by atoms with Crippen LogP contribution in [-0.2, 0) is 4.79 Å². The summed E-state index contributed by atoms with van der Waals surface area (Å²) in [4.78, 5) is 39.3. The molecule has 3 amide bonds. The van der Waals surface area contributed by atoms with Crippen LogP contribution < -0.4 is 19.5 Å². The van der Waals surface area contributed by atoms with Gasteiger partial charge in [0.2, 0.25) is 5.75 Å². The van der Waals surface area contributed by atoms with Crippen LogP contribution in [0.3, 0.4) is 0 Å². The number of ether oxygens (including phenoxy) is 3. The number of carbonyl (C=O) groups excluding carboxylic acids is 3. The van der Waals surface area contributed by atoms with Crippen molar-refractivity contribution in [3.8, 4) is 17.2 Å². The molecule has 0 unspecified atom stereocenters. The quantitative estimate of drug-likeness (QED) is 0.468. The van der Waals surface area contributed by atoms with E-state index in [0.29, 0.717) is 28.4 Å². The molecule has 180 valence electrons. The molecule has 1 heterocycles. The van der Waals surface area contributed by atoms with Crippen LogP contribution in [0.25, 0.3) is 16.8 Å². The number of hydrogen-bond donors (Lipinski definition) is 1. The number of amides is 3. The highest BCUT2D eigenvalue weighted by molar-refractivity contribution is 8.18. The van der Waals surface area contributed by atoms with E-state index >= 15 is 0 Å². The predicted molar refractivity (Wildman–Crippen MR) is 135 cm³/mol. The smallest absolute Gasteiger partial charge is 0.293 e. The first kappa shape index (κ1) is 24.2. The molecule has 0 spiro atoms. The molecule has 8 nitrogen and oxygen atoms in total. The van der Waals surface area contributed by atoms with E-state index in [9.17, 15) is 14.4 Å². The second kappa shape index (κ2) is 10.5. The number of hydrogen-bond acceptors (Lipinski definition) is 7. The fourth-order valence-corrected chi connectivity index (χ4v) is 4.61. The van der Waals surface area contributed by atoms with Crippen LogP contribution >= 0.6 is 11.8 Å². The van der Waals surface area contributed by atoms with E-state index < -0.39 is 11.1 Å². The van der Waals surface area contributed by atoms with Crippen molar-refractivity contribution in [3.63, 3.8) is 0 Å². The van der Waals surface area contributed by atoms with Gasteiger partial charge in [0.25, 0.3) is 17.1 Å². The Morgan fingerprint density at radius 2 is 1.63 bits per heavy atom. The number of rotatable bonds is 8. The van der Waals surface area contributed by atoms with E-state index in [2.05, 4.69) is 5.32 Å². The second-order valence-corrected chi connectivity index (χ2v) is 8.60. The molecule has 9 heteroatoms. The summed E-state index contributed by atoms with van der Waals surface area (Å²) in [7, 11) is 4.51. The third kappa shape index (κ3) is 5.09. The molecule has 0 aliphatic carbocycles. The molecule has 1 aliphatic rings. The van der Waals surface area contributed by atoms with Crippen molar-refractivity contribution in [3.05, 3.63) is 70.6 Å². The fourth-order valence-electron chi connectivity index (χ4n) is 3.74. The molecule has 35 heavy (non-hydrogen) atoms. The molecule has 0 atom stereocenters. The Hall–Kier alpha value is -3.98. The van der Waals surface area contributed by atoms with Crippen molar-refractivity contribution in [1.29, 1.82) is 0 Å². The number of imide groups is 1. The number of carbonyl (C=O) groups is 3. The highest BCUT2D eigenvalue weighted by atomic mass is 32.2. The van der Waals surface area contributed by atoms with Crippen LogP contribution in [0, 0.1) is 0 Å². The van der Waals surface area contributed by atoms with E-state index in [1.54, 1.807) is 24.3 Å². The van der Waals surface area contributed by atoms with Crippen molar-refractivity contribution >= 4 is 45.7 Å². The van der Waals surface area contributed by atoms with Crippen LogP contribution in [0.1, 0.15) is 15.9 Å². The lowest BCUT2D eigenvalue weighted by Gasteiger charge is -2.14. The summed E-state index contributed by atoms with van der Waals surface area (Å²) in [6.07, 6.45) is 1.60. The van der Waals surface area contributed by atoms with Gasteiger partial charge < -0.3 is 19.5 Å². The topological polar surface area (TPSA) is 94.2 Å².